The maximum atomic E-state index is 12.7. The van der Waals surface area contributed by atoms with Crippen molar-refractivity contribution in [2.24, 2.45) is 0 Å². The van der Waals surface area contributed by atoms with Crippen molar-refractivity contribution in [3.05, 3.63) is 89.0 Å². The minimum absolute atomic E-state index is 0.0784. The van der Waals surface area contributed by atoms with E-state index in [1.54, 1.807) is 17.0 Å². The number of hydrogen-bond acceptors (Lipinski definition) is 4. The van der Waals surface area contributed by atoms with Crippen molar-refractivity contribution in [3.8, 4) is 11.4 Å². The number of anilines is 1. The summed E-state index contributed by atoms with van der Waals surface area (Å²) >= 11 is 0. The van der Waals surface area contributed by atoms with Crippen molar-refractivity contribution < 1.29 is 4.79 Å². The van der Waals surface area contributed by atoms with Gasteiger partial charge in [-0.15, -0.1) is 0 Å². The number of H-pyrrole nitrogens is 1. The van der Waals surface area contributed by atoms with E-state index in [0.29, 0.717) is 24.8 Å². The third-order valence-corrected chi connectivity index (χ3v) is 5.69. The molecule has 7 nitrogen and oxygen atoms in total. The van der Waals surface area contributed by atoms with Gasteiger partial charge < -0.3 is 10.3 Å². The smallest absolute Gasteiger partial charge is 0.261 e. The molecule has 5 rings (SSSR count). The topological polar surface area (TPSA) is 92.7 Å². The minimum Gasteiger partial charge on any atom is -0.338 e. The molecule has 33 heavy (non-hydrogen) atoms. The van der Waals surface area contributed by atoms with Crippen molar-refractivity contribution in [1.29, 1.82) is 0 Å². The van der Waals surface area contributed by atoms with E-state index in [1.807, 2.05) is 67.6 Å². The number of nitrogens with zero attached hydrogens (tertiary/aromatic N) is 3. The first-order valence-corrected chi connectivity index (χ1v) is 10.9. The molecule has 0 fully saturated rings. The molecule has 0 bridgehead atoms. The summed E-state index contributed by atoms with van der Waals surface area (Å²) in [5.74, 6) is 0.697. The largest absolute Gasteiger partial charge is 0.338 e. The van der Waals surface area contributed by atoms with Crippen molar-refractivity contribution in [3.63, 3.8) is 0 Å². The lowest BCUT2D eigenvalue weighted by Gasteiger charge is -2.08. The number of para-hydroxylation sites is 3. The molecule has 2 aromatic heterocycles. The van der Waals surface area contributed by atoms with Crippen LogP contribution in [0.25, 0.3) is 33.3 Å². The summed E-state index contributed by atoms with van der Waals surface area (Å²) in [6.07, 6.45) is 2.41. The lowest BCUT2D eigenvalue weighted by Crippen LogP contribution is -2.22. The highest BCUT2D eigenvalue weighted by Gasteiger charge is 2.09. The molecule has 0 unspecified atom stereocenters. The number of carbonyl (C=O) groups is 1. The predicted octanol–water partition coefficient (Wildman–Crippen LogP) is 4.67. The van der Waals surface area contributed by atoms with Crippen LogP contribution in [0.15, 0.2) is 77.9 Å². The van der Waals surface area contributed by atoms with E-state index in [-0.39, 0.29) is 11.5 Å². The van der Waals surface area contributed by atoms with Gasteiger partial charge in [-0.05, 0) is 61.4 Å². The summed E-state index contributed by atoms with van der Waals surface area (Å²) in [6, 6.07) is 21.0. The van der Waals surface area contributed by atoms with Gasteiger partial charge in [-0.25, -0.2) is 9.97 Å². The highest BCUT2D eigenvalue weighted by molar-refractivity contribution is 5.91. The number of carbonyl (C=O) groups excluding carboxylic acids is 1. The van der Waals surface area contributed by atoms with E-state index >= 15 is 0 Å². The molecule has 0 aliphatic carbocycles. The van der Waals surface area contributed by atoms with Crippen LogP contribution in [0.5, 0.6) is 0 Å². The second-order valence-corrected chi connectivity index (χ2v) is 8.05. The van der Waals surface area contributed by atoms with E-state index in [4.69, 9.17) is 0 Å². The average Bonchev–Trinajstić information content (AvgIpc) is 3.26. The van der Waals surface area contributed by atoms with Crippen molar-refractivity contribution >= 4 is 33.5 Å². The number of benzene rings is 3. The predicted molar refractivity (Wildman–Crippen MR) is 130 cm³/mol. The van der Waals surface area contributed by atoms with Crippen LogP contribution < -0.4 is 10.9 Å². The third-order valence-electron chi connectivity index (χ3n) is 5.69. The zero-order valence-electron chi connectivity index (χ0n) is 18.2. The van der Waals surface area contributed by atoms with Crippen LogP contribution in [0, 0.1) is 6.92 Å². The highest BCUT2D eigenvalue weighted by atomic mass is 16.1. The Balaban J connectivity index is 1.19. The van der Waals surface area contributed by atoms with Gasteiger partial charge >= 0.3 is 0 Å². The average molecular weight is 438 g/mol. The molecule has 0 aliphatic heterocycles. The Hall–Kier alpha value is -4.26. The number of aromatic nitrogens is 4. The molecular weight excluding hydrogens is 414 g/mol. The van der Waals surface area contributed by atoms with Crippen molar-refractivity contribution in [2.75, 3.05) is 5.32 Å². The SMILES string of the molecule is Cc1cccc2c(=O)n(CCCC(=O)Nc3ccc(-c4nc5ccccc5[nH]4)cc3)cnc12. The molecule has 2 N–H and O–H groups in total. The summed E-state index contributed by atoms with van der Waals surface area (Å²) < 4.78 is 1.57. The van der Waals surface area contributed by atoms with Crippen LogP contribution in [0.4, 0.5) is 5.69 Å². The summed E-state index contributed by atoms with van der Waals surface area (Å²) in [5, 5.41) is 3.52. The molecular formula is C26H23N5O2. The standard InChI is InChI=1S/C26H23N5O2/c1-17-6-4-7-20-24(17)27-16-31(26(20)33)15-5-10-23(32)28-19-13-11-18(12-14-19)25-29-21-8-2-3-9-22(21)30-25/h2-4,6-9,11-14,16H,5,10,15H2,1H3,(H,28,32)(H,29,30). The number of aryl methyl sites for hydroxylation is 2. The number of fused-ring (bicyclic) bond motifs is 2. The zero-order valence-corrected chi connectivity index (χ0v) is 18.2. The Kier molecular flexibility index (Phi) is 5.44. The van der Waals surface area contributed by atoms with Crippen LogP contribution in [0.1, 0.15) is 18.4 Å². The molecule has 0 spiro atoms. The fourth-order valence-corrected chi connectivity index (χ4v) is 3.93. The quantitative estimate of drug-likeness (QED) is 0.404. The summed E-state index contributed by atoms with van der Waals surface area (Å²) in [7, 11) is 0. The van der Waals surface area contributed by atoms with Gasteiger partial charge in [-0.1, -0.05) is 24.3 Å². The Morgan fingerprint density at radius 3 is 2.67 bits per heavy atom. The van der Waals surface area contributed by atoms with Crippen LogP contribution in [0.2, 0.25) is 0 Å². The molecule has 0 atom stereocenters. The van der Waals surface area contributed by atoms with Crippen molar-refractivity contribution in [1.82, 2.24) is 19.5 Å². The van der Waals surface area contributed by atoms with Gasteiger partial charge in [0.25, 0.3) is 5.56 Å². The number of hydrogen-bond donors (Lipinski definition) is 2. The molecule has 3 aromatic carbocycles. The molecule has 164 valence electrons. The van der Waals surface area contributed by atoms with Crippen LogP contribution in [-0.4, -0.2) is 25.4 Å². The summed E-state index contributed by atoms with van der Waals surface area (Å²) in [4.78, 5) is 37.4. The Morgan fingerprint density at radius 2 is 1.85 bits per heavy atom. The maximum Gasteiger partial charge on any atom is 0.261 e. The molecule has 1 amide bonds. The number of rotatable bonds is 6. The van der Waals surface area contributed by atoms with E-state index in [0.717, 1.165) is 39.2 Å². The number of amides is 1. The first-order chi connectivity index (χ1) is 16.1. The summed E-state index contributed by atoms with van der Waals surface area (Å²) in [6.45, 7) is 2.38. The maximum absolute atomic E-state index is 12.7. The van der Waals surface area contributed by atoms with E-state index < -0.39 is 0 Å². The monoisotopic (exact) mass is 437 g/mol. The van der Waals surface area contributed by atoms with Gasteiger partial charge in [-0.3, -0.25) is 14.2 Å². The van der Waals surface area contributed by atoms with Gasteiger partial charge in [0.15, 0.2) is 0 Å². The second-order valence-electron chi connectivity index (χ2n) is 8.05. The van der Waals surface area contributed by atoms with Gasteiger partial charge in [0.1, 0.15) is 5.82 Å². The van der Waals surface area contributed by atoms with Gasteiger partial charge in [0, 0.05) is 24.2 Å². The highest BCUT2D eigenvalue weighted by Crippen LogP contribution is 2.22. The molecule has 5 aromatic rings. The normalized spacial score (nSPS) is 11.2. The molecule has 0 aliphatic rings. The molecule has 0 saturated carbocycles. The number of imidazole rings is 1. The first-order valence-electron chi connectivity index (χ1n) is 10.9. The fraction of sp³-hybridized carbons (Fsp3) is 0.154. The summed E-state index contributed by atoms with van der Waals surface area (Å²) in [5.41, 5.74) is 5.19. The van der Waals surface area contributed by atoms with E-state index in [1.165, 1.54) is 0 Å². The van der Waals surface area contributed by atoms with Gasteiger partial charge in [-0.2, -0.15) is 0 Å². The Bertz CT molecular complexity index is 1480. The molecule has 0 saturated heterocycles. The second kappa shape index (κ2) is 8.70. The Labute approximate surface area is 190 Å². The number of nitrogens with one attached hydrogen (secondary N) is 2. The minimum atomic E-state index is -0.0934. The fourth-order valence-electron chi connectivity index (χ4n) is 3.93. The van der Waals surface area contributed by atoms with E-state index in [9.17, 15) is 9.59 Å². The lowest BCUT2D eigenvalue weighted by atomic mass is 10.1. The lowest BCUT2D eigenvalue weighted by molar-refractivity contribution is -0.116. The molecule has 7 heteroatoms. The Morgan fingerprint density at radius 1 is 1.03 bits per heavy atom. The third kappa shape index (κ3) is 4.25. The molecule has 0 radical (unpaired) electrons. The first kappa shape index (κ1) is 20.6. The van der Waals surface area contributed by atoms with Crippen molar-refractivity contribution in [2.45, 2.75) is 26.3 Å². The van der Waals surface area contributed by atoms with Gasteiger partial charge in [0.2, 0.25) is 5.91 Å². The van der Waals surface area contributed by atoms with Gasteiger partial charge in [0.05, 0.1) is 28.3 Å². The van der Waals surface area contributed by atoms with Crippen LogP contribution in [0.3, 0.4) is 0 Å². The number of aromatic amines is 1. The molecule has 2 heterocycles. The van der Waals surface area contributed by atoms with Crippen LogP contribution in [-0.2, 0) is 11.3 Å². The van der Waals surface area contributed by atoms with E-state index in [2.05, 4.69) is 20.3 Å². The zero-order chi connectivity index (χ0) is 22.8. The van der Waals surface area contributed by atoms with Crippen LogP contribution >= 0.6 is 0 Å².